The van der Waals surface area contributed by atoms with Gasteiger partial charge >= 0.3 is 18.0 Å². The molecule has 0 spiro atoms. The molecular formula is C28H29ClF3N5O7S. The molecule has 0 aliphatic carbocycles. The van der Waals surface area contributed by atoms with E-state index < -0.39 is 41.3 Å². The maximum absolute atomic E-state index is 13.3. The number of carboxylic acid groups (broad SMARTS) is 1. The molecule has 12 nitrogen and oxygen atoms in total. The number of rotatable bonds is 10. The minimum absolute atomic E-state index is 0.0145. The fourth-order valence-electron chi connectivity index (χ4n) is 4.72. The van der Waals surface area contributed by atoms with Crippen molar-refractivity contribution in [1.29, 1.82) is 0 Å². The van der Waals surface area contributed by atoms with E-state index in [4.69, 9.17) is 16.0 Å². The molecule has 1 amide bonds. The topological polar surface area (TPSA) is 150 Å². The highest BCUT2D eigenvalue weighted by Gasteiger charge is 2.32. The summed E-state index contributed by atoms with van der Waals surface area (Å²) in [5.41, 5.74) is -0.241. The lowest BCUT2D eigenvalue weighted by Gasteiger charge is -2.21. The van der Waals surface area contributed by atoms with E-state index in [-0.39, 0.29) is 51.3 Å². The Bertz CT molecular complexity index is 1970. The summed E-state index contributed by atoms with van der Waals surface area (Å²) in [7, 11) is 2.74. The van der Waals surface area contributed by atoms with Gasteiger partial charge < -0.3 is 18.8 Å². The highest BCUT2D eigenvalue weighted by atomic mass is 35.5. The molecule has 0 radical (unpaired) electrons. The third kappa shape index (κ3) is 7.07. The van der Waals surface area contributed by atoms with Crippen molar-refractivity contribution in [2.24, 2.45) is 25.0 Å². The van der Waals surface area contributed by atoms with Crippen LogP contribution in [0.15, 0.2) is 42.6 Å². The van der Waals surface area contributed by atoms with Crippen LogP contribution in [-0.2, 0) is 36.8 Å². The summed E-state index contributed by atoms with van der Waals surface area (Å²) in [6, 6.07) is 2.66. The summed E-state index contributed by atoms with van der Waals surface area (Å²) in [6.45, 7) is 5.01. The van der Waals surface area contributed by atoms with Gasteiger partial charge in [0.05, 0.1) is 23.8 Å². The van der Waals surface area contributed by atoms with Crippen LogP contribution in [0.25, 0.3) is 22.4 Å². The van der Waals surface area contributed by atoms with E-state index in [2.05, 4.69) is 15.0 Å². The zero-order chi connectivity index (χ0) is 33.4. The number of halogens is 4. The number of furan rings is 1. The molecule has 0 bridgehead atoms. The molecule has 242 valence electrons. The van der Waals surface area contributed by atoms with E-state index in [1.54, 1.807) is 19.2 Å². The molecule has 2 atom stereocenters. The van der Waals surface area contributed by atoms with Crippen LogP contribution in [0.1, 0.15) is 31.6 Å². The van der Waals surface area contributed by atoms with Crippen molar-refractivity contribution in [1.82, 2.24) is 19.0 Å². The first-order chi connectivity index (χ1) is 21.0. The Morgan fingerprint density at radius 2 is 1.91 bits per heavy atom. The van der Waals surface area contributed by atoms with Gasteiger partial charge in [0.1, 0.15) is 22.9 Å². The first-order valence-corrected chi connectivity index (χ1v) is 14.8. The maximum Gasteiger partial charge on any atom is 0.573 e. The van der Waals surface area contributed by atoms with Crippen molar-refractivity contribution in [3.8, 4) is 17.0 Å². The summed E-state index contributed by atoms with van der Waals surface area (Å²) < 4.78 is 51.5. The number of amides is 1. The van der Waals surface area contributed by atoms with Gasteiger partial charge in [-0.3, -0.25) is 28.8 Å². The number of carbonyl (C=O) groups is 2. The summed E-state index contributed by atoms with van der Waals surface area (Å²) >= 11 is 7.11. The first-order valence-electron chi connectivity index (χ1n) is 13.5. The van der Waals surface area contributed by atoms with Crippen molar-refractivity contribution < 1.29 is 37.0 Å². The highest BCUT2D eigenvalue weighted by molar-refractivity contribution is 7.07. The lowest BCUT2D eigenvalue weighted by molar-refractivity contribution is -0.274. The number of nitrogens with one attached hydrogen (secondary N) is 1. The molecule has 0 saturated heterocycles. The second kappa shape index (κ2) is 13.1. The molecule has 1 unspecified atom stereocenters. The number of alkyl halides is 3. The van der Waals surface area contributed by atoms with Gasteiger partial charge in [0.25, 0.3) is 11.5 Å². The number of aromatic nitrogens is 3. The van der Waals surface area contributed by atoms with Gasteiger partial charge in [0, 0.05) is 30.6 Å². The number of carbonyl (C=O) groups excluding carboxylic acids is 1. The predicted molar refractivity (Wildman–Crippen MR) is 159 cm³/mol. The van der Waals surface area contributed by atoms with Crippen LogP contribution >= 0.6 is 22.9 Å². The number of aliphatic carboxylic acids is 1. The number of hydrogen-bond acceptors (Lipinski definition) is 8. The molecule has 45 heavy (non-hydrogen) atoms. The van der Waals surface area contributed by atoms with Crippen LogP contribution in [-0.4, -0.2) is 43.1 Å². The number of nitrogens with zero attached hydrogens (tertiary/aromatic N) is 4. The van der Waals surface area contributed by atoms with Crippen LogP contribution in [0.2, 0.25) is 5.02 Å². The monoisotopic (exact) mass is 671 g/mol. The molecule has 3 aromatic heterocycles. The number of hydrogen-bond donors (Lipinski definition) is 2. The highest BCUT2D eigenvalue weighted by Crippen LogP contribution is 2.34. The van der Waals surface area contributed by atoms with Gasteiger partial charge in [-0.15, -0.1) is 24.5 Å². The van der Waals surface area contributed by atoms with Crippen molar-refractivity contribution in [2.45, 2.75) is 52.7 Å². The lowest BCUT2D eigenvalue weighted by atomic mass is 10.00. The van der Waals surface area contributed by atoms with Gasteiger partial charge in [-0.2, -0.15) is 4.99 Å². The molecule has 1 aromatic carbocycles. The first kappa shape index (κ1) is 33.7. The van der Waals surface area contributed by atoms with Gasteiger partial charge in [0.15, 0.2) is 4.80 Å². The smallest absolute Gasteiger partial charge is 0.480 e. The Hall–Kier alpha value is -4.15. The van der Waals surface area contributed by atoms with Crippen molar-refractivity contribution in [2.75, 3.05) is 0 Å². The number of benzene rings is 1. The molecule has 0 saturated carbocycles. The quantitative estimate of drug-likeness (QED) is 0.258. The third-order valence-electron chi connectivity index (χ3n) is 7.34. The maximum atomic E-state index is 13.3. The predicted octanol–water partition coefficient (Wildman–Crippen LogP) is 3.94. The molecule has 4 aromatic rings. The van der Waals surface area contributed by atoms with E-state index in [1.165, 1.54) is 30.8 Å². The minimum atomic E-state index is -4.96. The minimum Gasteiger partial charge on any atom is -0.480 e. The van der Waals surface area contributed by atoms with E-state index in [9.17, 15) is 37.5 Å². The van der Waals surface area contributed by atoms with Gasteiger partial charge in [-0.25, -0.2) is 4.79 Å². The van der Waals surface area contributed by atoms with Crippen LogP contribution < -0.4 is 26.1 Å². The summed E-state index contributed by atoms with van der Waals surface area (Å²) in [5.74, 6) is -2.39. The van der Waals surface area contributed by atoms with Crippen LogP contribution in [0, 0.1) is 12.8 Å². The second-order valence-electron chi connectivity index (χ2n) is 10.3. The number of carboxylic acids is 1. The number of fused-ring (bicyclic) bond motifs is 1. The zero-order valence-electron chi connectivity index (χ0n) is 24.7. The SMILES string of the molecule is CCC(C)[C@H](NCn1c(-c2ccc(OC(F)(F)F)c(Cl)c2)cs/c1=N\C(=O)Cc1c(C)oc2c1c(=O)n(C)c(=O)n2C)C(=O)O. The summed E-state index contributed by atoms with van der Waals surface area (Å²) in [6.07, 6.45) is -4.75. The Morgan fingerprint density at radius 3 is 2.51 bits per heavy atom. The second-order valence-corrected chi connectivity index (χ2v) is 11.5. The Balaban J connectivity index is 1.78. The van der Waals surface area contributed by atoms with Crippen molar-refractivity contribution >= 4 is 45.9 Å². The fourth-order valence-corrected chi connectivity index (χ4v) is 5.87. The largest absolute Gasteiger partial charge is 0.573 e. The molecule has 0 aliphatic rings. The zero-order valence-corrected chi connectivity index (χ0v) is 26.3. The molecular weight excluding hydrogens is 643 g/mol. The Kier molecular flexibility index (Phi) is 9.80. The standard InChI is InChI=1S/C28H29ClF3N5O7S/c1-6-13(2)22(25(40)41)33-12-37-18(15-7-8-19(17(29)9-15)44-28(30,31)32)11-45-26(37)34-20(38)10-16-14(3)43-24-21(16)23(39)35(4)27(42)36(24)5/h7-9,11,13,22,33H,6,10,12H2,1-5H3,(H,40,41)/b34-26-/t13?,22-/m0/s1. The van der Waals surface area contributed by atoms with Gasteiger partial charge in [-0.05, 0) is 31.0 Å². The number of aryl methyl sites for hydroxylation is 2. The van der Waals surface area contributed by atoms with Gasteiger partial charge in [0.2, 0.25) is 5.71 Å². The average molecular weight is 672 g/mol. The lowest BCUT2D eigenvalue weighted by Crippen LogP contribution is -2.43. The number of ether oxygens (including phenoxy) is 1. The Morgan fingerprint density at radius 1 is 1.22 bits per heavy atom. The van der Waals surface area contributed by atoms with E-state index in [0.29, 0.717) is 17.7 Å². The van der Waals surface area contributed by atoms with Crippen LogP contribution in [0.5, 0.6) is 5.75 Å². The van der Waals surface area contributed by atoms with E-state index >= 15 is 0 Å². The van der Waals surface area contributed by atoms with E-state index in [1.807, 2.05) is 6.92 Å². The average Bonchev–Trinajstić information content (AvgIpc) is 3.51. The Labute approximate surface area is 261 Å². The number of thiazole rings is 1. The molecule has 0 aliphatic heterocycles. The molecule has 3 heterocycles. The van der Waals surface area contributed by atoms with Crippen molar-refractivity contribution in [3.63, 3.8) is 0 Å². The van der Waals surface area contributed by atoms with Crippen LogP contribution in [0.3, 0.4) is 0 Å². The molecule has 4 rings (SSSR count). The summed E-state index contributed by atoms with van der Waals surface area (Å²) in [5, 5.41) is 14.1. The van der Waals surface area contributed by atoms with Crippen LogP contribution in [0.4, 0.5) is 13.2 Å². The molecule has 2 N–H and O–H groups in total. The van der Waals surface area contributed by atoms with E-state index in [0.717, 1.165) is 26.5 Å². The molecule has 17 heteroatoms. The van der Waals surface area contributed by atoms with Gasteiger partial charge in [-0.1, -0.05) is 31.9 Å². The summed E-state index contributed by atoms with van der Waals surface area (Å²) in [4.78, 5) is 54.9. The third-order valence-corrected chi connectivity index (χ3v) is 8.49. The molecule has 0 fully saturated rings. The normalized spacial score (nSPS) is 13.8. The fraction of sp³-hybridized carbons (Fsp3) is 0.393. The van der Waals surface area contributed by atoms with Crippen molar-refractivity contribution in [3.05, 3.63) is 65.6 Å².